The molecule has 4 aromatic rings. The Hall–Kier alpha value is -2.76. The molecule has 4 rings (SSSR count). The monoisotopic (exact) mass is 419 g/mol. The summed E-state index contributed by atoms with van der Waals surface area (Å²) in [7, 11) is 1.96. The maximum atomic E-state index is 14.3. The number of anilines is 2. The zero-order chi connectivity index (χ0) is 21.3. The standard InChI is InChI=1S/C25H26FN3S/c1-16-6-10-23(22(26)11-16)28-20-8-9-21-19(14-27-4)15-29(24(21)13-20)30-25-12-17(2)5-7-18(25)3/h5-13,15,27-28H,14H2,1-4H3. The number of benzene rings is 3. The van der Waals surface area contributed by atoms with Gasteiger partial charge < -0.3 is 10.6 Å². The summed E-state index contributed by atoms with van der Waals surface area (Å²) < 4.78 is 16.5. The van der Waals surface area contributed by atoms with Gasteiger partial charge in [-0.05, 0) is 92.4 Å². The van der Waals surface area contributed by atoms with Gasteiger partial charge in [-0.25, -0.2) is 4.39 Å². The minimum atomic E-state index is -0.244. The number of hydrogen-bond acceptors (Lipinski definition) is 3. The lowest BCUT2D eigenvalue weighted by Gasteiger charge is -2.11. The second-order valence-corrected chi connectivity index (χ2v) is 8.73. The molecule has 2 N–H and O–H groups in total. The van der Waals surface area contributed by atoms with Gasteiger partial charge in [0, 0.05) is 28.7 Å². The van der Waals surface area contributed by atoms with E-state index in [0.717, 1.165) is 23.3 Å². The molecule has 5 heteroatoms. The Kier molecular flexibility index (Phi) is 5.84. The van der Waals surface area contributed by atoms with Gasteiger partial charge in [0.2, 0.25) is 0 Å². The molecule has 0 saturated carbocycles. The Labute approximate surface area is 181 Å². The number of nitrogens with zero attached hydrogens (tertiary/aromatic N) is 1. The quantitative estimate of drug-likeness (QED) is 0.363. The predicted octanol–water partition coefficient (Wildman–Crippen LogP) is 6.72. The molecule has 0 saturated heterocycles. The van der Waals surface area contributed by atoms with Crippen LogP contribution in [0.2, 0.25) is 0 Å². The molecule has 154 valence electrons. The van der Waals surface area contributed by atoms with Crippen LogP contribution in [0.25, 0.3) is 10.9 Å². The zero-order valence-corrected chi connectivity index (χ0v) is 18.5. The van der Waals surface area contributed by atoms with Crippen LogP contribution >= 0.6 is 11.9 Å². The van der Waals surface area contributed by atoms with Gasteiger partial charge in [0.15, 0.2) is 0 Å². The highest BCUT2D eigenvalue weighted by molar-refractivity contribution is 7.98. The molecule has 1 aromatic heterocycles. The second-order valence-electron chi connectivity index (χ2n) is 7.71. The molecule has 3 nitrogen and oxygen atoms in total. The minimum absolute atomic E-state index is 0.244. The van der Waals surface area contributed by atoms with Crippen molar-refractivity contribution in [2.24, 2.45) is 0 Å². The third-order valence-corrected chi connectivity index (χ3v) is 6.30. The zero-order valence-electron chi connectivity index (χ0n) is 17.7. The van der Waals surface area contributed by atoms with Gasteiger partial charge in [-0.1, -0.05) is 24.3 Å². The van der Waals surface area contributed by atoms with E-state index in [-0.39, 0.29) is 5.82 Å². The molecule has 0 unspecified atom stereocenters. The van der Waals surface area contributed by atoms with E-state index in [4.69, 9.17) is 0 Å². The van der Waals surface area contributed by atoms with Gasteiger partial charge in [-0.3, -0.25) is 3.97 Å². The fourth-order valence-electron chi connectivity index (χ4n) is 3.54. The Morgan fingerprint density at radius 2 is 1.70 bits per heavy atom. The molecule has 0 aliphatic heterocycles. The first-order valence-electron chi connectivity index (χ1n) is 10.0. The summed E-state index contributed by atoms with van der Waals surface area (Å²) in [5.41, 5.74) is 7.08. The van der Waals surface area contributed by atoms with Crippen molar-refractivity contribution in [2.45, 2.75) is 32.2 Å². The van der Waals surface area contributed by atoms with Crippen molar-refractivity contribution >= 4 is 34.2 Å². The number of nitrogens with one attached hydrogen (secondary N) is 2. The van der Waals surface area contributed by atoms with E-state index in [1.807, 2.05) is 26.1 Å². The van der Waals surface area contributed by atoms with Crippen LogP contribution in [-0.4, -0.2) is 11.0 Å². The smallest absolute Gasteiger partial charge is 0.146 e. The van der Waals surface area contributed by atoms with Crippen molar-refractivity contribution in [3.8, 4) is 0 Å². The Balaban J connectivity index is 1.75. The molecule has 1 heterocycles. The molecule has 0 atom stereocenters. The molecule has 30 heavy (non-hydrogen) atoms. The lowest BCUT2D eigenvalue weighted by atomic mass is 10.1. The summed E-state index contributed by atoms with van der Waals surface area (Å²) in [5, 5.41) is 7.68. The first-order chi connectivity index (χ1) is 14.4. The maximum Gasteiger partial charge on any atom is 0.146 e. The van der Waals surface area contributed by atoms with E-state index in [0.29, 0.717) is 5.69 Å². The van der Waals surface area contributed by atoms with Crippen LogP contribution in [0.15, 0.2) is 65.7 Å². The van der Waals surface area contributed by atoms with E-state index in [2.05, 4.69) is 65.0 Å². The third-order valence-electron chi connectivity index (χ3n) is 5.17. The average Bonchev–Trinajstić information content (AvgIpc) is 3.04. The van der Waals surface area contributed by atoms with Crippen LogP contribution in [0.1, 0.15) is 22.3 Å². The second kappa shape index (κ2) is 8.54. The number of rotatable bonds is 6. The molecule has 0 bridgehead atoms. The topological polar surface area (TPSA) is 29.0 Å². The van der Waals surface area contributed by atoms with Gasteiger partial charge in [-0.15, -0.1) is 0 Å². The molecular weight excluding hydrogens is 393 g/mol. The maximum absolute atomic E-state index is 14.3. The number of halogens is 1. The third kappa shape index (κ3) is 4.23. The number of fused-ring (bicyclic) bond motifs is 1. The van der Waals surface area contributed by atoms with Crippen molar-refractivity contribution in [1.82, 2.24) is 9.29 Å². The Morgan fingerprint density at radius 1 is 0.933 bits per heavy atom. The summed E-state index contributed by atoms with van der Waals surface area (Å²) in [6.07, 6.45) is 2.18. The lowest BCUT2D eigenvalue weighted by Crippen LogP contribution is -2.04. The molecule has 0 amide bonds. The van der Waals surface area contributed by atoms with Crippen molar-refractivity contribution < 1.29 is 4.39 Å². The summed E-state index contributed by atoms with van der Waals surface area (Å²) in [5.74, 6) is -0.244. The summed E-state index contributed by atoms with van der Waals surface area (Å²) in [4.78, 5) is 1.23. The highest BCUT2D eigenvalue weighted by Crippen LogP contribution is 2.34. The van der Waals surface area contributed by atoms with E-state index >= 15 is 0 Å². The van der Waals surface area contributed by atoms with Gasteiger partial charge in [0.05, 0.1) is 11.2 Å². The molecule has 0 aliphatic rings. The number of hydrogen-bond donors (Lipinski definition) is 2. The van der Waals surface area contributed by atoms with Crippen molar-refractivity contribution in [3.63, 3.8) is 0 Å². The highest BCUT2D eigenvalue weighted by atomic mass is 32.2. The molecule has 0 aliphatic carbocycles. The van der Waals surface area contributed by atoms with Gasteiger partial charge >= 0.3 is 0 Å². The SMILES string of the molecule is CNCc1cn(Sc2cc(C)ccc2C)c2cc(Nc3ccc(C)cc3F)ccc12. The summed E-state index contributed by atoms with van der Waals surface area (Å²) in [6.45, 7) is 6.92. The molecular formula is C25H26FN3S. The molecule has 0 radical (unpaired) electrons. The molecule has 0 fully saturated rings. The number of aryl methyl sites for hydroxylation is 3. The van der Waals surface area contributed by atoms with Crippen LogP contribution in [0, 0.1) is 26.6 Å². The van der Waals surface area contributed by atoms with Crippen LogP contribution in [0.4, 0.5) is 15.8 Å². The predicted molar refractivity (Wildman–Crippen MR) is 126 cm³/mol. The fourth-order valence-corrected chi connectivity index (χ4v) is 4.63. The van der Waals surface area contributed by atoms with E-state index in [9.17, 15) is 4.39 Å². The summed E-state index contributed by atoms with van der Waals surface area (Å²) >= 11 is 1.71. The van der Waals surface area contributed by atoms with E-state index in [1.165, 1.54) is 27.0 Å². The molecule has 0 spiro atoms. The first-order valence-corrected chi connectivity index (χ1v) is 10.8. The van der Waals surface area contributed by atoms with Gasteiger partial charge in [-0.2, -0.15) is 0 Å². The van der Waals surface area contributed by atoms with Gasteiger partial charge in [0.1, 0.15) is 5.82 Å². The van der Waals surface area contributed by atoms with E-state index < -0.39 is 0 Å². The average molecular weight is 420 g/mol. The van der Waals surface area contributed by atoms with Crippen molar-refractivity contribution in [1.29, 1.82) is 0 Å². The molecule has 3 aromatic carbocycles. The lowest BCUT2D eigenvalue weighted by molar-refractivity contribution is 0.631. The van der Waals surface area contributed by atoms with Gasteiger partial charge in [0.25, 0.3) is 0 Å². The highest BCUT2D eigenvalue weighted by Gasteiger charge is 2.12. The largest absolute Gasteiger partial charge is 0.353 e. The van der Waals surface area contributed by atoms with Crippen LogP contribution in [0.5, 0.6) is 0 Å². The summed E-state index contributed by atoms with van der Waals surface area (Å²) in [6, 6.07) is 18.0. The van der Waals surface area contributed by atoms with Crippen LogP contribution < -0.4 is 10.6 Å². The van der Waals surface area contributed by atoms with Crippen LogP contribution in [0.3, 0.4) is 0 Å². The Bertz CT molecular complexity index is 1210. The van der Waals surface area contributed by atoms with Crippen molar-refractivity contribution in [3.05, 3.63) is 88.9 Å². The van der Waals surface area contributed by atoms with E-state index in [1.54, 1.807) is 24.1 Å². The normalized spacial score (nSPS) is 11.2. The fraction of sp³-hybridized carbons (Fsp3) is 0.200. The minimum Gasteiger partial charge on any atom is -0.353 e. The van der Waals surface area contributed by atoms with Crippen molar-refractivity contribution in [2.75, 3.05) is 12.4 Å². The Morgan fingerprint density at radius 3 is 2.47 bits per heavy atom. The van der Waals surface area contributed by atoms with Crippen LogP contribution in [-0.2, 0) is 6.54 Å². The first kappa shape index (κ1) is 20.5. The number of aromatic nitrogens is 1.